The van der Waals surface area contributed by atoms with Gasteiger partial charge in [-0.05, 0) is 30.2 Å². The number of thiocarbonyl (C=S) groups is 1. The number of aliphatic carboxylic acids is 1. The number of rotatable bonds is 5. The lowest BCUT2D eigenvalue weighted by atomic mass is 9.97. The van der Waals surface area contributed by atoms with E-state index in [9.17, 15) is 4.79 Å². The molecule has 0 saturated carbocycles. The summed E-state index contributed by atoms with van der Waals surface area (Å²) in [5.41, 5.74) is 9.62. The lowest BCUT2D eigenvalue weighted by Crippen LogP contribution is -2.10. The highest BCUT2D eigenvalue weighted by Gasteiger charge is 2.15. The van der Waals surface area contributed by atoms with Gasteiger partial charge in [-0.3, -0.25) is 4.79 Å². The van der Waals surface area contributed by atoms with Crippen molar-refractivity contribution in [2.75, 3.05) is 12.8 Å². The summed E-state index contributed by atoms with van der Waals surface area (Å²) in [5, 5.41) is 9.00. The van der Waals surface area contributed by atoms with E-state index in [2.05, 4.69) is 0 Å². The number of carboxylic acid groups (broad SMARTS) is 1. The third-order valence-corrected chi connectivity index (χ3v) is 3.83. The molecule has 0 fully saturated rings. The van der Waals surface area contributed by atoms with E-state index in [4.69, 9.17) is 27.8 Å². The van der Waals surface area contributed by atoms with Gasteiger partial charge in [-0.2, -0.15) is 0 Å². The first-order valence-electron chi connectivity index (χ1n) is 6.72. The minimum absolute atomic E-state index is 0.174. The minimum atomic E-state index is -0.952. The number of methoxy groups -OCH3 is 1. The fourth-order valence-corrected chi connectivity index (χ4v) is 2.46. The topological polar surface area (TPSA) is 72.5 Å². The fourth-order valence-electron chi connectivity index (χ4n) is 2.16. The van der Waals surface area contributed by atoms with Crippen LogP contribution in [0.5, 0.6) is 5.75 Å². The van der Waals surface area contributed by atoms with E-state index in [1.54, 1.807) is 12.1 Å². The van der Waals surface area contributed by atoms with Crippen molar-refractivity contribution in [3.8, 4) is 5.75 Å². The summed E-state index contributed by atoms with van der Waals surface area (Å²) >= 11 is 5.52. The van der Waals surface area contributed by atoms with Gasteiger partial charge in [0.15, 0.2) is 0 Å². The number of hydrogen-bond acceptors (Lipinski definition) is 4. The van der Waals surface area contributed by atoms with Gasteiger partial charge in [0.2, 0.25) is 0 Å². The molecule has 0 aliphatic heterocycles. The van der Waals surface area contributed by atoms with Crippen molar-refractivity contribution in [3.05, 3.63) is 58.7 Å². The van der Waals surface area contributed by atoms with Crippen LogP contribution < -0.4 is 10.5 Å². The molecule has 0 bridgehead atoms. The maximum absolute atomic E-state index is 11.0. The Balaban J connectivity index is 2.51. The predicted molar refractivity (Wildman–Crippen MR) is 90.7 cm³/mol. The molecule has 0 radical (unpaired) electrons. The number of aryl methyl sites for hydroxylation is 1. The number of ether oxygens (including phenoxy) is 1. The van der Waals surface area contributed by atoms with Crippen LogP contribution >= 0.6 is 12.2 Å². The van der Waals surface area contributed by atoms with E-state index in [1.165, 1.54) is 7.11 Å². The molecule has 5 heteroatoms. The third-order valence-electron chi connectivity index (χ3n) is 3.37. The molecule has 114 valence electrons. The highest BCUT2D eigenvalue weighted by atomic mass is 32.1. The summed E-state index contributed by atoms with van der Waals surface area (Å²) in [5.74, 6) is -0.415. The summed E-state index contributed by atoms with van der Waals surface area (Å²) < 4.78 is 5.23. The Morgan fingerprint density at radius 3 is 2.45 bits per heavy atom. The molecule has 0 atom stereocenters. The molecule has 0 aliphatic carbocycles. The van der Waals surface area contributed by atoms with Crippen LogP contribution in [0.4, 0.5) is 5.69 Å². The van der Waals surface area contributed by atoms with Crippen LogP contribution in [0.25, 0.3) is 0 Å². The SMILES string of the molecule is COc1cc(CC(=O)O)c(N)c(C(=S)c2ccc(C)cc2)c1. The van der Waals surface area contributed by atoms with Gasteiger partial charge in [0.05, 0.1) is 18.4 Å². The Morgan fingerprint density at radius 2 is 1.91 bits per heavy atom. The van der Waals surface area contributed by atoms with Crippen LogP contribution in [0.1, 0.15) is 22.3 Å². The molecule has 2 aromatic rings. The highest BCUT2D eigenvalue weighted by Crippen LogP contribution is 2.28. The van der Waals surface area contributed by atoms with Gasteiger partial charge in [-0.15, -0.1) is 0 Å². The number of carboxylic acids is 1. The number of hydrogen-bond donors (Lipinski definition) is 2. The van der Waals surface area contributed by atoms with E-state index in [1.807, 2.05) is 31.2 Å². The van der Waals surface area contributed by atoms with Crippen molar-refractivity contribution in [3.63, 3.8) is 0 Å². The molecule has 0 saturated heterocycles. The second kappa shape index (κ2) is 6.58. The first-order valence-corrected chi connectivity index (χ1v) is 7.12. The molecule has 4 nitrogen and oxygen atoms in total. The average Bonchev–Trinajstić information content (AvgIpc) is 2.49. The zero-order valence-corrected chi connectivity index (χ0v) is 13.2. The molecule has 0 heterocycles. The molecule has 0 spiro atoms. The molecule has 22 heavy (non-hydrogen) atoms. The normalized spacial score (nSPS) is 10.3. The van der Waals surface area contributed by atoms with E-state index in [-0.39, 0.29) is 6.42 Å². The minimum Gasteiger partial charge on any atom is -0.497 e. The van der Waals surface area contributed by atoms with Crippen molar-refractivity contribution >= 4 is 28.7 Å². The Bertz CT molecular complexity index is 723. The summed E-state index contributed by atoms with van der Waals surface area (Å²) in [4.78, 5) is 11.6. The maximum atomic E-state index is 11.0. The lowest BCUT2D eigenvalue weighted by Gasteiger charge is -2.14. The van der Waals surface area contributed by atoms with Crippen LogP contribution in [-0.4, -0.2) is 23.1 Å². The second-order valence-corrected chi connectivity index (χ2v) is 5.42. The van der Waals surface area contributed by atoms with Gasteiger partial charge in [0.25, 0.3) is 0 Å². The summed E-state index contributed by atoms with van der Waals surface area (Å²) in [6.07, 6.45) is -0.174. The first-order chi connectivity index (χ1) is 10.4. The number of nitrogen functional groups attached to an aromatic ring is 1. The van der Waals surface area contributed by atoms with Gasteiger partial charge in [0.1, 0.15) is 5.75 Å². The Labute approximate surface area is 134 Å². The van der Waals surface area contributed by atoms with E-state index < -0.39 is 5.97 Å². The highest BCUT2D eigenvalue weighted by molar-refractivity contribution is 7.81. The van der Waals surface area contributed by atoms with Crippen LogP contribution in [0.2, 0.25) is 0 Å². The van der Waals surface area contributed by atoms with Gasteiger partial charge in [-0.25, -0.2) is 0 Å². The third kappa shape index (κ3) is 3.43. The number of carbonyl (C=O) groups is 1. The van der Waals surface area contributed by atoms with Crippen LogP contribution in [0, 0.1) is 6.92 Å². The number of anilines is 1. The summed E-state index contributed by atoms with van der Waals surface area (Å²) in [6, 6.07) is 11.2. The molecule has 2 aromatic carbocycles. The van der Waals surface area contributed by atoms with Crippen molar-refractivity contribution < 1.29 is 14.6 Å². The van der Waals surface area contributed by atoms with E-state index >= 15 is 0 Å². The molecule has 2 rings (SSSR count). The van der Waals surface area contributed by atoms with E-state index in [0.29, 0.717) is 27.4 Å². The van der Waals surface area contributed by atoms with Crippen molar-refractivity contribution in [1.82, 2.24) is 0 Å². The van der Waals surface area contributed by atoms with Crippen molar-refractivity contribution in [2.45, 2.75) is 13.3 Å². The smallest absolute Gasteiger partial charge is 0.307 e. The van der Waals surface area contributed by atoms with Gasteiger partial charge < -0.3 is 15.6 Å². The van der Waals surface area contributed by atoms with Gasteiger partial charge >= 0.3 is 5.97 Å². The molecule has 0 aliphatic rings. The predicted octanol–water partition coefficient (Wildman–Crippen LogP) is 2.98. The molecular weight excluding hydrogens is 298 g/mol. The maximum Gasteiger partial charge on any atom is 0.307 e. The van der Waals surface area contributed by atoms with Gasteiger partial charge in [0, 0.05) is 11.3 Å². The molecule has 0 aromatic heterocycles. The second-order valence-electron chi connectivity index (χ2n) is 5.01. The summed E-state index contributed by atoms with van der Waals surface area (Å²) in [6.45, 7) is 2.00. The Hall–Kier alpha value is -2.40. The van der Waals surface area contributed by atoms with Crippen molar-refractivity contribution in [2.24, 2.45) is 0 Å². The van der Waals surface area contributed by atoms with Crippen LogP contribution in [0.15, 0.2) is 36.4 Å². The van der Waals surface area contributed by atoms with E-state index in [0.717, 1.165) is 11.1 Å². The lowest BCUT2D eigenvalue weighted by molar-refractivity contribution is -0.136. The molecule has 0 unspecified atom stereocenters. The van der Waals surface area contributed by atoms with Crippen molar-refractivity contribution in [1.29, 1.82) is 0 Å². The van der Waals surface area contributed by atoms with Crippen LogP contribution in [0.3, 0.4) is 0 Å². The van der Waals surface area contributed by atoms with Crippen LogP contribution in [-0.2, 0) is 11.2 Å². The Morgan fingerprint density at radius 1 is 1.27 bits per heavy atom. The summed E-state index contributed by atoms with van der Waals surface area (Å²) in [7, 11) is 1.52. The quantitative estimate of drug-likeness (QED) is 0.504. The zero-order chi connectivity index (χ0) is 16.3. The first kappa shape index (κ1) is 16.0. The standard InChI is InChI=1S/C17H17NO3S/c1-10-3-5-11(6-4-10)17(22)14-9-13(21-2)7-12(16(14)18)8-15(19)20/h3-7,9H,8,18H2,1-2H3,(H,19,20). The molecule has 0 amide bonds. The monoisotopic (exact) mass is 315 g/mol. The van der Waals surface area contributed by atoms with Gasteiger partial charge in [-0.1, -0.05) is 42.0 Å². The average molecular weight is 315 g/mol. The number of nitrogens with two attached hydrogens (primary N) is 1. The zero-order valence-electron chi connectivity index (χ0n) is 12.4. The fraction of sp³-hybridized carbons (Fsp3) is 0.176. The largest absolute Gasteiger partial charge is 0.497 e. The molecule has 3 N–H and O–H groups in total. The Kier molecular flexibility index (Phi) is 4.78. The molecular formula is C17H17NO3S. The number of benzene rings is 2.